The van der Waals surface area contributed by atoms with E-state index in [1.54, 1.807) is 7.11 Å². The van der Waals surface area contributed by atoms with E-state index in [9.17, 15) is 4.79 Å². The lowest BCUT2D eigenvalue weighted by molar-refractivity contribution is -0.149. The number of ether oxygens (including phenoxy) is 2. The van der Waals surface area contributed by atoms with Crippen LogP contribution < -0.4 is 5.32 Å². The lowest BCUT2D eigenvalue weighted by Crippen LogP contribution is -2.48. The van der Waals surface area contributed by atoms with Gasteiger partial charge in [-0.2, -0.15) is 0 Å². The molecule has 1 saturated heterocycles. The number of carbonyl (C=O) groups is 1. The molecule has 8 heteroatoms. The van der Waals surface area contributed by atoms with E-state index in [-0.39, 0.29) is 35.9 Å². The molecule has 0 unspecified atom stereocenters. The molecule has 1 aliphatic rings. The SMILES string of the molecule is CCNC(=NCCCN(C)CCOC)N1CCC[C@H](C(=O)OCC)C1.I. The van der Waals surface area contributed by atoms with E-state index < -0.39 is 0 Å². The van der Waals surface area contributed by atoms with E-state index in [0.29, 0.717) is 13.2 Å². The number of piperidine rings is 1. The van der Waals surface area contributed by atoms with Gasteiger partial charge in [-0.1, -0.05) is 0 Å². The zero-order valence-electron chi connectivity index (χ0n) is 16.8. The van der Waals surface area contributed by atoms with Gasteiger partial charge in [0.2, 0.25) is 0 Å². The highest BCUT2D eigenvalue weighted by Crippen LogP contribution is 2.18. The molecule has 1 aliphatic heterocycles. The first-order chi connectivity index (χ1) is 12.1. The number of rotatable bonds is 10. The smallest absolute Gasteiger partial charge is 0.310 e. The summed E-state index contributed by atoms with van der Waals surface area (Å²) >= 11 is 0. The third-order valence-electron chi connectivity index (χ3n) is 4.31. The third kappa shape index (κ3) is 9.91. The monoisotopic (exact) mass is 484 g/mol. The van der Waals surface area contributed by atoms with Gasteiger partial charge in [0.25, 0.3) is 0 Å². The van der Waals surface area contributed by atoms with Crippen LogP contribution in [0.3, 0.4) is 0 Å². The molecule has 0 saturated carbocycles. The van der Waals surface area contributed by atoms with E-state index >= 15 is 0 Å². The van der Waals surface area contributed by atoms with Crippen LogP contribution in [0.5, 0.6) is 0 Å². The zero-order chi connectivity index (χ0) is 18.5. The fourth-order valence-electron chi connectivity index (χ4n) is 2.93. The lowest BCUT2D eigenvalue weighted by Gasteiger charge is -2.34. The summed E-state index contributed by atoms with van der Waals surface area (Å²) < 4.78 is 10.3. The van der Waals surface area contributed by atoms with Crippen LogP contribution in [-0.2, 0) is 14.3 Å². The van der Waals surface area contributed by atoms with E-state index in [1.165, 1.54) is 0 Å². The van der Waals surface area contributed by atoms with Crippen LogP contribution in [0.4, 0.5) is 0 Å². The molecule has 0 radical (unpaired) electrons. The molecule has 26 heavy (non-hydrogen) atoms. The van der Waals surface area contributed by atoms with Crippen molar-refractivity contribution in [2.45, 2.75) is 33.1 Å². The largest absolute Gasteiger partial charge is 0.466 e. The standard InChI is InChI=1S/C18H36N4O3.HI/c1-5-19-18(20-10-8-11-21(3)13-14-24-4)22-12-7-9-16(15-22)17(23)25-6-2;/h16H,5-15H2,1-4H3,(H,19,20);1H/t16-;/m0./s1. The molecule has 0 aromatic rings. The summed E-state index contributed by atoms with van der Waals surface area (Å²) in [4.78, 5) is 21.2. The van der Waals surface area contributed by atoms with Gasteiger partial charge in [-0.15, -0.1) is 24.0 Å². The van der Waals surface area contributed by atoms with Gasteiger partial charge in [-0.05, 0) is 46.7 Å². The second-order valence-corrected chi connectivity index (χ2v) is 6.42. The Morgan fingerprint density at radius 3 is 2.77 bits per heavy atom. The fraction of sp³-hybridized carbons (Fsp3) is 0.889. The Kier molecular flexibility index (Phi) is 15.1. The van der Waals surface area contributed by atoms with Crippen LogP contribution in [0, 0.1) is 5.92 Å². The van der Waals surface area contributed by atoms with Crippen LogP contribution in [0.15, 0.2) is 4.99 Å². The molecule has 1 heterocycles. The number of hydrogen-bond acceptors (Lipinski definition) is 5. The highest BCUT2D eigenvalue weighted by Gasteiger charge is 2.28. The van der Waals surface area contributed by atoms with Crippen LogP contribution in [0.2, 0.25) is 0 Å². The van der Waals surface area contributed by atoms with E-state index in [4.69, 9.17) is 14.5 Å². The molecule has 0 bridgehead atoms. The molecule has 7 nitrogen and oxygen atoms in total. The van der Waals surface area contributed by atoms with E-state index in [1.807, 2.05) is 6.92 Å². The first-order valence-corrected chi connectivity index (χ1v) is 9.49. The third-order valence-corrected chi connectivity index (χ3v) is 4.31. The molecule has 0 aromatic heterocycles. The lowest BCUT2D eigenvalue weighted by atomic mass is 9.98. The zero-order valence-corrected chi connectivity index (χ0v) is 19.2. The quantitative estimate of drug-likeness (QED) is 0.168. The summed E-state index contributed by atoms with van der Waals surface area (Å²) in [5.41, 5.74) is 0. The molecular formula is C18H37IN4O3. The molecule has 1 rings (SSSR count). The summed E-state index contributed by atoms with van der Waals surface area (Å²) in [7, 11) is 3.82. The molecule has 0 aromatic carbocycles. The van der Waals surface area contributed by atoms with Crippen molar-refractivity contribution in [2.24, 2.45) is 10.9 Å². The first-order valence-electron chi connectivity index (χ1n) is 9.49. The van der Waals surface area contributed by atoms with Crippen molar-refractivity contribution < 1.29 is 14.3 Å². The van der Waals surface area contributed by atoms with Crippen molar-refractivity contribution in [1.29, 1.82) is 0 Å². The van der Waals surface area contributed by atoms with Gasteiger partial charge < -0.3 is 24.6 Å². The summed E-state index contributed by atoms with van der Waals surface area (Å²) in [6.45, 7) is 10.3. The van der Waals surface area contributed by atoms with Crippen molar-refractivity contribution in [2.75, 3.05) is 66.6 Å². The fourth-order valence-corrected chi connectivity index (χ4v) is 2.93. The summed E-state index contributed by atoms with van der Waals surface area (Å²) in [6, 6.07) is 0. The minimum atomic E-state index is -0.0807. The van der Waals surface area contributed by atoms with Gasteiger partial charge in [0.15, 0.2) is 5.96 Å². The molecule has 1 fully saturated rings. The van der Waals surface area contributed by atoms with E-state index in [2.05, 4.69) is 29.1 Å². The van der Waals surface area contributed by atoms with Gasteiger partial charge in [0.05, 0.1) is 19.1 Å². The molecule has 0 spiro atoms. The Bertz CT molecular complexity index is 410. The number of nitrogens with zero attached hydrogens (tertiary/aromatic N) is 3. The highest BCUT2D eigenvalue weighted by atomic mass is 127. The maximum atomic E-state index is 12.0. The Balaban J connectivity index is 0.00000625. The Morgan fingerprint density at radius 2 is 2.12 bits per heavy atom. The van der Waals surface area contributed by atoms with Crippen molar-refractivity contribution in [3.63, 3.8) is 0 Å². The number of nitrogens with one attached hydrogen (secondary N) is 1. The van der Waals surface area contributed by atoms with Crippen LogP contribution in [0.1, 0.15) is 33.1 Å². The normalized spacial score (nSPS) is 17.8. The predicted molar refractivity (Wildman–Crippen MR) is 116 cm³/mol. The molecule has 1 atom stereocenters. The van der Waals surface area contributed by atoms with Gasteiger partial charge in [0, 0.05) is 39.8 Å². The van der Waals surface area contributed by atoms with Gasteiger partial charge in [0.1, 0.15) is 0 Å². The topological polar surface area (TPSA) is 66.4 Å². The van der Waals surface area contributed by atoms with Crippen molar-refractivity contribution in [3.05, 3.63) is 0 Å². The second kappa shape index (κ2) is 15.4. The number of halogens is 1. The number of esters is 1. The van der Waals surface area contributed by atoms with Crippen LogP contribution in [-0.4, -0.2) is 88.4 Å². The Labute approximate surface area is 175 Å². The van der Waals surface area contributed by atoms with Crippen LogP contribution >= 0.6 is 24.0 Å². The number of aliphatic imine (C=N–C) groups is 1. The molecule has 154 valence electrons. The minimum Gasteiger partial charge on any atom is -0.466 e. The van der Waals surface area contributed by atoms with Crippen molar-refractivity contribution in [1.82, 2.24) is 15.1 Å². The number of likely N-dealkylation sites (tertiary alicyclic amines) is 1. The van der Waals surface area contributed by atoms with Crippen molar-refractivity contribution >= 4 is 35.9 Å². The first kappa shape index (κ1) is 25.4. The number of carbonyl (C=O) groups excluding carboxylic acids is 1. The number of hydrogen-bond donors (Lipinski definition) is 1. The van der Waals surface area contributed by atoms with Gasteiger partial charge in [-0.3, -0.25) is 9.79 Å². The minimum absolute atomic E-state index is 0. The Morgan fingerprint density at radius 1 is 1.35 bits per heavy atom. The second-order valence-electron chi connectivity index (χ2n) is 6.42. The summed E-state index contributed by atoms with van der Waals surface area (Å²) in [6.07, 6.45) is 2.90. The van der Waals surface area contributed by atoms with Crippen molar-refractivity contribution in [3.8, 4) is 0 Å². The Hall–Kier alpha value is -0.610. The maximum Gasteiger partial charge on any atom is 0.310 e. The number of guanidine groups is 1. The van der Waals surface area contributed by atoms with E-state index in [0.717, 1.165) is 64.6 Å². The highest BCUT2D eigenvalue weighted by molar-refractivity contribution is 14.0. The average Bonchev–Trinajstić information content (AvgIpc) is 2.62. The van der Waals surface area contributed by atoms with Crippen LogP contribution in [0.25, 0.3) is 0 Å². The molecule has 0 amide bonds. The summed E-state index contributed by atoms with van der Waals surface area (Å²) in [5.74, 6) is 0.789. The number of methoxy groups -OCH3 is 1. The molecular weight excluding hydrogens is 447 g/mol. The molecule has 1 N–H and O–H groups in total. The molecule has 0 aliphatic carbocycles. The van der Waals surface area contributed by atoms with Gasteiger partial charge in [-0.25, -0.2) is 0 Å². The predicted octanol–water partition coefficient (Wildman–Crippen LogP) is 1.81. The average molecular weight is 484 g/mol. The number of likely N-dealkylation sites (N-methyl/N-ethyl adjacent to an activating group) is 1. The maximum absolute atomic E-state index is 12.0. The summed E-state index contributed by atoms with van der Waals surface area (Å²) in [5, 5.41) is 3.36. The van der Waals surface area contributed by atoms with Gasteiger partial charge >= 0.3 is 5.97 Å².